The number of piperazine rings is 1. The molecule has 0 bridgehead atoms. The summed E-state index contributed by atoms with van der Waals surface area (Å²) in [7, 11) is 0. The summed E-state index contributed by atoms with van der Waals surface area (Å²) in [6, 6.07) is 12.9. The molecule has 3 amide bonds. The Labute approximate surface area is 201 Å². The second-order valence-corrected chi connectivity index (χ2v) is 9.38. The van der Waals surface area contributed by atoms with E-state index in [2.05, 4.69) is 4.90 Å². The predicted octanol–water partition coefficient (Wildman–Crippen LogP) is 4.42. The maximum absolute atomic E-state index is 13.2. The van der Waals surface area contributed by atoms with E-state index in [0.29, 0.717) is 41.7 Å². The second kappa shape index (κ2) is 10.1. The highest BCUT2D eigenvalue weighted by molar-refractivity contribution is 8.18. The summed E-state index contributed by atoms with van der Waals surface area (Å²) in [5.74, 6) is -0.693. The number of halogens is 2. The van der Waals surface area contributed by atoms with Crippen molar-refractivity contribution in [3.05, 3.63) is 75.4 Å². The third-order valence-corrected chi connectivity index (χ3v) is 7.01. The Hall–Kier alpha value is -2.68. The van der Waals surface area contributed by atoms with Crippen LogP contribution in [0.4, 0.5) is 9.18 Å². The van der Waals surface area contributed by atoms with E-state index < -0.39 is 0 Å². The highest BCUT2D eigenvalue weighted by Gasteiger charge is 2.38. The number of rotatable bonds is 5. The minimum absolute atomic E-state index is 0.0366. The number of thioether (sulfide) groups is 1. The van der Waals surface area contributed by atoms with Crippen LogP contribution in [0.25, 0.3) is 6.08 Å². The Kier molecular flexibility index (Phi) is 7.17. The molecule has 2 aliphatic rings. The van der Waals surface area contributed by atoms with Crippen LogP contribution in [-0.4, -0.2) is 64.5 Å². The molecule has 9 heteroatoms. The van der Waals surface area contributed by atoms with Crippen LogP contribution in [0, 0.1) is 5.82 Å². The van der Waals surface area contributed by atoms with Crippen LogP contribution < -0.4 is 0 Å². The highest BCUT2D eigenvalue weighted by Crippen LogP contribution is 2.35. The van der Waals surface area contributed by atoms with Crippen LogP contribution in [0.15, 0.2) is 53.4 Å². The van der Waals surface area contributed by atoms with E-state index in [1.807, 2.05) is 12.1 Å². The predicted molar refractivity (Wildman–Crippen MR) is 127 cm³/mol. The molecule has 0 N–H and O–H groups in total. The first-order valence-electron chi connectivity index (χ1n) is 10.6. The van der Waals surface area contributed by atoms with Crippen LogP contribution in [0.5, 0.6) is 0 Å². The highest BCUT2D eigenvalue weighted by atomic mass is 35.5. The van der Waals surface area contributed by atoms with Crippen molar-refractivity contribution in [3.63, 3.8) is 0 Å². The van der Waals surface area contributed by atoms with Crippen LogP contribution in [-0.2, 0) is 9.59 Å². The van der Waals surface area contributed by atoms with E-state index in [9.17, 15) is 18.8 Å². The zero-order valence-electron chi connectivity index (χ0n) is 18.0. The molecular formula is C24H23ClFN3O3S. The Bertz CT molecular complexity index is 1080. The number of carbonyl (C=O) groups excluding carboxylic acids is 3. The normalized spacial score (nSPS) is 19.4. The molecule has 1 unspecified atom stereocenters. The lowest BCUT2D eigenvalue weighted by Crippen LogP contribution is -2.51. The maximum Gasteiger partial charge on any atom is 0.293 e. The average Bonchev–Trinajstić information content (AvgIpc) is 3.06. The van der Waals surface area contributed by atoms with Crippen molar-refractivity contribution in [2.45, 2.75) is 13.0 Å². The summed E-state index contributed by atoms with van der Waals surface area (Å²) < 4.78 is 13.2. The van der Waals surface area contributed by atoms with Crippen molar-refractivity contribution in [1.29, 1.82) is 0 Å². The average molecular weight is 488 g/mol. The summed E-state index contributed by atoms with van der Waals surface area (Å²) in [5, 5.41) is 0.266. The fraction of sp³-hybridized carbons (Fsp3) is 0.292. The number of benzene rings is 2. The molecule has 6 nitrogen and oxygen atoms in total. The molecule has 0 saturated carbocycles. The number of imide groups is 1. The Balaban J connectivity index is 1.56. The third-order valence-electron chi connectivity index (χ3n) is 5.85. The van der Waals surface area contributed by atoms with Crippen molar-refractivity contribution in [2.24, 2.45) is 0 Å². The van der Waals surface area contributed by atoms with Crippen LogP contribution in [0.2, 0.25) is 5.02 Å². The first-order chi connectivity index (χ1) is 15.8. The topological polar surface area (TPSA) is 60.9 Å². The van der Waals surface area contributed by atoms with Crippen LogP contribution in [0.3, 0.4) is 0 Å². The lowest BCUT2D eigenvalue weighted by atomic mass is 10.0. The molecule has 2 saturated heterocycles. The van der Waals surface area contributed by atoms with Gasteiger partial charge in [0, 0.05) is 44.7 Å². The molecule has 2 aromatic carbocycles. The van der Waals surface area contributed by atoms with Gasteiger partial charge in [0.05, 0.1) is 10.9 Å². The van der Waals surface area contributed by atoms with Crippen molar-refractivity contribution in [2.75, 3.05) is 32.7 Å². The zero-order chi connectivity index (χ0) is 23.5. The molecule has 1 atom stereocenters. The Morgan fingerprint density at radius 3 is 2.30 bits per heavy atom. The van der Waals surface area contributed by atoms with Crippen molar-refractivity contribution in [1.82, 2.24) is 14.7 Å². The fourth-order valence-corrected chi connectivity index (χ4v) is 4.98. The molecule has 0 spiro atoms. The molecule has 2 fully saturated rings. The van der Waals surface area contributed by atoms with Gasteiger partial charge in [-0.3, -0.25) is 24.2 Å². The Morgan fingerprint density at radius 2 is 1.70 bits per heavy atom. The van der Waals surface area contributed by atoms with Crippen LogP contribution in [0.1, 0.15) is 24.1 Å². The molecule has 0 aromatic heterocycles. The summed E-state index contributed by atoms with van der Waals surface area (Å²) in [6.45, 7) is 4.19. The molecule has 0 radical (unpaired) electrons. The van der Waals surface area contributed by atoms with Gasteiger partial charge < -0.3 is 4.90 Å². The molecule has 172 valence electrons. The second-order valence-electron chi connectivity index (χ2n) is 7.95. The van der Waals surface area contributed by atoms with Gasteiger partial charge in [-0.05, 0) is 53.2 Å². The molecule has 33 heavy (non-hydrogen) atoms. The lowest BCUT2D eigenvalue weighted by Gasteiger charge is -2.40. The zero-order valence-corrected chi connectivity index (χ0v) is 19.6. The van der Waals surface area contributed by atoms with Gasteiger partial charge in [-0.1, -0.05) is 35.9 Å². The van der Waals surface area contributed by atoms with Crippen molar-refractivity contribution in [3.8, 4) is 0 Å². The van der Waals surface area contributed by atoms with Gasteiger partial charge in [0.15, 0.2) is 0 Å². The smallest absolute Gasteiger partial charge is 0.293 e. The van der Waals surface area contributed by atoms with Gasteiger partial charge in [0.2, 0.25) is 5.91 Å². The largest absolute Gasteiger partial charge is 0.340 e. The summed E-state index contributed by atoms with van der Waals surface area (Å²) in [5.41, 5.74) is 1.59. The number of nitrogens with zero attached hydrogens (tertiary/aromatic N) is 3. The standard InChI is InChI=1S/C24H23ClFN3O3S/c1-16(30)27-10-12-28(13-11-27)21(18-4-6-19(25)7-5-18)15-29-23(31)22(33-24(29)32)14-17-2-8-20(26)9-3-17/h2-9,14,21H,10-13,15H2,1H3/b22-14-. The van der Waals surface area contributed by atoms with Crippen LogP contribution >= 0.6 is 23.4 Å². The Morgan fingerprint density at radius 1 is 1.06 bits per heavy atom. The summed E-state index contributed by atoms with van der Waals surface area (Å²) in [4.78, 5) is 43.1. The molecule has 4 rings (SSSR count). The summed E-state index contributed by atoms with van der Waals surface area (Å²) >= 11 is 6.95. The van der Waals surface area contributed by atoms with Gasteiger partial charge in [0.1, 0.15) is 5.82 Å². The first-order valence-corrected chi connectivity index (χ1v) is 11.8. The van der Waals surface area contributed by atoms with Gasteiger partial charge in [-0.15, -0.1) is 0 Å². The van der Waals surface area contributed by atoms with E-state index in [4.69, 9.17) is 11.6 Å². The number of amides is 3. The fourth-order valence-electron chi connectivity index (χ4n) is 4.01. The number of hydrogen-bond acceptors (Lipinski definition) is 5. The SMILES string of the molecule is CC(=O)N1CCN(C(CN2C(=O)S/C(=C\c3ccc(F)cc3)C2=O)c2ccc(Cl)cc2)CC1. The number of carbonyl (C=O) groups is 3. The third kappa shape index (κ3) is 5.46. The van der Waals surface area contributed by atoms with E-state index in [0.717, 1.165) is 17.3 Å². The minimum atomic E-state index is -0.365. The molecule has 2 aromatic rings. The lowest BCUT2D eigenvalue weighted by molar-refractivity contribution is -0.130. The molecule has 2 heterocycles. The van der Waals surface area contributed by atoms with Gasteiger partial charge >= 0.3 is 0 Å². The van der Waals surface area contributed by atoms with Crippen molar-refractivity contribution >= 4 is 46.5 Å². The first kappa shape index (κ1) is 23.5. The molecular weight excluding hydrogens is 465 g/mol. The van der Waals surface area contributed by atoms with Gasteiger partial charge in [0.25, 0.3) is 11.1 Å². The van der Waals surface area contributed by atoms with Crippen molar-refractivity contribution < 1.29 is 18.8 Å². The maximum atomic E-state index is 13.2. The summed E-state index contributed by atoms with van der Waals surface area (Å²) in [6.07, 6.45) is 1.60. The van der Waals surface area contributed by atoms with E-state index >= 15 is 0 Å². The van der Waals surface area contributed by atoms with Gasteiger partial charge in [-0.25, -0.2) is 4.39 Å². The van der Waals surface area contributed by atoms with E-state index in [1.54, 1.807) is 42.2 Å². The quantitative estimate of drug-likeness (QED) is 0.584. The molecule has 2 aliphatic heterocycles. The van der Waals surface area contributed by atoms with Gasteiger partial charge in [-0.2, -0.15) is 0 Å². The minimum Gasteiger partial charge on any atom is -0.340 e. The number of hydrogen-bond donors (Lipinski definition) is 0. The molecule has 0 aliphatic carbocycles. The van der Waals surface area contributed by atoms with E-state index in [-0.39, 0.29) is 35.5 Å². The van der Waals surface area contributed by atoms with E-state index in [1.165, 1.54) is 17.0 Å². The monoisotopic (exact) mass is 487 g/mol.